The normalized spacial score (nSPS) is 43.9. The van der Waals surface area contributed by atoms with Gasteiger partial charge < -0.3 is 18.9 Å². The largest absolute Gasteiger partial charge is 0.462 e. The average Bonchev–Trinajstić information content (AvgIpc) is 2.66. The molecule has 8 atom stereocenters. The summed E-state index contributed by atoms with van der Waals surface area (Å²) < 4.78 is 24.4. The van der Waals surface area contributed by atoms with Gasteiger partial charge in [0, 0.05) is 32.1 Å². The van der Waals surface area contributed by atoms with Crippen LogP contribution in [0.2, 0.25) is 0 Å². The molecule has 0 aromatic heterocycles. The Kier molecular flexibility index (Phi) is 6.55. The van der Waals surface area contributed by atoms with Gasteiger partial charge in [-0.1, -0.05) is 26.8 Å². The summed E-state index contributed by atoms with van der Waals surface area (Å²) in [4.78, 5) is 36.5. The van der Waals surface area contributed by atoms with Crippen LogP contribution < -0.4 is 0 Å². The summed E-state index contributed by atoms with van der Waals surface area (Å²) in [5.41, 5.74) is -2.30. The molecule has 1 heterocycles. The standard InChI is InChI=1S/C26H40O7/c1-10-24(7)13-11-18-25(8)14-12-19(30-15(2)27)23(5,6)21(25)20(31-16(3)28)22(32-17(4)29)26(18,9)33-24/h10,18-22H,1,11-14H2,2-9H3. The first-order valence-electron chi connectivity index (χ1n) is 12.0. The van der Waals surface area contributed by atoms with Crippen molar-refractivity contribution < 1.29 is 33.3 Å². The summed E-state index contributed by atoms with van der Waals surface area (Å²) in [6.45, 7) is 18.4. The van der Waals surface area contributed by atoms with Crippen LogP contribution in [0.1, 0.15) is 81.1 Å². The molecule has 33 heavy (non-hydrogen) atoms. The number of fused-ring (bicyclic) bond motifs is 3. The molecule has 0 bridgehead atoms. The number of ether oxygens (including phenoxy) is 4. The Bertz CT molecular complexity index is 834. The molecule has 3 fully saturated rings. The molecule has 7 nitrogen and oxygen atoms in total. The zero-order chi connectivity index (χ0) is 25.0. The van der Waals surface area contributed by atoms with Crippen molar-refractivity contribution in [2.24, 2.45) is 22.7 Å². The van der Waals surface area contributed by atoms with E-state index in [0.29, 0.717) is 6.42 Å². The smallest absolute Gasteiger partial charge is 0.303 e. The Balaban J connectivity index is 2.21. The Hall–Kier alpha value is -1.89. The molecule has 1 aliphatic heterocycles. The van der Waals surface area contributed by atoms with Crippen molar-refractivity contribution in [1.29, 1.82) is 0 Å². The van der Waals surface area contributed by atoms with Gasteiger partial charge in [0.25, 0.3) is 0 Å². The summed E-state index contributed by atoms with van der Waals surface area (Å²) in [5.74, 6) is -1.42. The number of carbonyl (C=O) groups excluding carboxylic acids is 3. The van der Waals surface area contributed by atoms with Crippen molar-refractivity contribution in [1.82, 2.24) is 0 Å². The quantitative estimate of drug-likeness (QED) is 0.347. The molecule has 0 aromatic rings. The average molecular weight is 465 g/mol. The Morgan fingerprint density at radius 1 is 0.879 bits per heavy atom. The van der Waals surface area contributed by atoms with Crippen LogP contribution in [0.25, 0.3) is 0 Å². The van der Waals surface area contributed by atoms with Crippen LogP contribution in [0.15, 0.2) is 12.7 Å². The van der Waals surface area contributed by atoms with E-state index in [-0.39, 0.29) is 29.3 Å². The van der Waals surface area contributed by atoms with E-state index in [1.165, 1.54) is 20.8 Å². The van der Waals surface area contributed by atoms with Crippen LogP contribution in [-0.2, 0) is 33.3 Å². The van der Waals surface area contributed by atoms with Crippen molar-refractivity contribution in [3.05, 3.63) is 12.7 Å². The molecular formula is C26H40O7. The predicted octanol–water partition coefficient (Wildman–Crippen LogP) is 4.37. The molecule has 7 heteroatoms. The fraction of sp³-hybridized carbons (Fsp3) is 0.808. The lowest BCUT2D eigenvalue weighted by molar-refractivity contribution is -0.329. The summed E-state index contributed by atoms with van der Waals surface area (Å²) >= 11 is 0. The minimum atomic E-state index is -0.886. The van der Waals surface area contributed by atoms with Crippen molar-refractivity contribution >= 4 is 17.9 Å². The highest BCUT2D eigenvalue weighted by Gasteiger charge is 2.72. The second-order valence-electron chi connectivity index (χ2n) is 11.4. The lowest BCUT2D eigenvalue weighted by Crippen LogP contribution is -2.75. The number of rotatable bonds is 4. The van der Waals surface area contributed by atoms with E-state index < -0.39 is 40.8 Å². The fourth-order valence-electron chi connectivity index (χ4n) is 7.53. The molecule has 3 rings (SSSR count). The molecule has 2 saturated carbocycles. The zero-order valence-electron chi connectivity index (χ0n) is 21.4. The maximum absolute atomic E-state index is 12.3. The number of hydrogen-bond acceptors (Lipinski definition) is 7. The molecule has 3 aliphatic rings. The van der Waals surface area contributed by atoms with Crippen molar-refractivity contribution in [2.45, 2.75) is 111 Å². The molecule has 0 amide bonds. The molecule has 186 valence electrons. The maximum atomic E-state index is 12.3. The highest BCUT2D eigenvalue weighted by molar-refractivity contribution is 5.68. The molecule has 0 spiro atoms. The molecular weight excluding hydrogens is 424 g/mol. The van der Waals surface area contributed by atoms with Crippen LogP contribution in [0.4, 0.5) is 0 Å². The van der Waals surface area contributed by atoms with E-state index >= 15 is 0 Å². The molecule has 0 aromatic carbocycles. The number of hydrogen-bond donors (Lipinski definition) is 0. The van der Waals surface area contributed by atoms with Gasteiger partial charge in [0.05, 0.1) is 5.60 Å². The van der Waals surface area contributed by atoms with E-state index in [1.54, 1.807) is 6.08 Å². The highest BCUT2D eigenvalue weighted by Crippen LogP contribution is 2.67. The highest BCUT2D eigenvalue weighted by atomic mass is 16.6. The van der Waals surface area contributed by atoms with Crippen LogP contribution in [0.5, 0.6) is 0 Å². The van der Waals surface area contributed by atoms with Crippen molar-refractivity contribution in [2.75, 3.05) is 0 Å². The van der Waals surface area contributed by atoms with Gasteiger partial charge in [-0.2, -0.15) is 0 Å². The first-order valence-corrected chi connectivity index (χ1v) is 12.0. The summed E-state index contributed by atoms with van der Waals surface area (Å²) in [5, 5.41) is 0. The van der Waals surface area contributed by atoms with Crippen LogP contribution in [-0.4, -0.2) is 47.4 Å². The second-order valence-corrected chi connectivity index (χ2v) is 11.4. The van der Waals surface area contributed by atoms with E-state index in [9.17, 15) is 14.4 Å². The molecule has 2 aliphatic carbocycles. The van der Waals surface area contributed by atoms with Gasteiger partial charge in [-0.3, -0.25) is 14.4 Å². The van der Waals surface area contributed by atoms with E-state index in [2.05, 4.69) is 27.4 Å². The fourth-order valence-corrected chi connectivity index (χ4v) is 7.53. The van der Waals surface area contributed by atoms with Crippen LogP contribution in [0.3, 0.4) is 0 Å². The molecule has 0 radical (unpaired) electrons. The van der Waals surface area contributed by atoms with Crippen molar-refractivity contribution in [3.8, 4) is 0 Å². The van der Waals surface area contributed by atoms with E-state index in [0.717, 1.165) is 19.3 Å². The minimum absolute atomic E-state index is 0.0386. The molecule has 1 saturated heterocycles. The number of carbonyl (C=O) groups is 3. The van der Waals surface area contributed by atoms with Crippen LogP contribution >= 0.6 is 0 Å². The van der Waals surface area contributed by atoms with Gasteiger partial charge in [-0.25, -0.2) is 0 Å². The Labute approximate surface area is 197 Å². The first kappa shape index (κ1) is 25.7. The lowest BCUT2D eigenvalue weighted by atomic mass is 9.42. The Morgan fingerprint density at radius 2 is 1.45 bits per heavy atom. The molecule has 0 N–H and O–H groups in total. The van der Waals surface area contributed by atoms with Gasteiger partial charge in [-0.15, -0.1) is 6.58 Å². The maximum Gasteiger partial charge on any atom is 0.303 e. The van der Waals surface area contributed by atoms with Gasteiger partial charge in [0.1, 0.15) is 17.8 Å². The third kappa shape index (κ3) is 4.22. The van der Waals surface area contributed by atoms with Crippen molar-refractivity contribution in [3.63, 3.8) is 0 Å². The van der Waals surface area contributed by atoms with Crippen LogP contribution in [0, 0.1) is 22.7 Å². The third-order valence-electron chi connectivity index (χ3n) is 8.68. The summed E-state index contributed by atoms with van der Waals surface area (Å²) in [7, 11) is 0. The van der Waals surface area contributed by atoms with Gasteiger partial charge in [-0.05, 0) is 50.9 Å². The second kappa shape index (κ2) is 8.40. The SMILES string of the molecule is C=CC1(C)CCC2C3(C)CCC(OC(C)=O)C(C)(C)C3C(OC(C)=O)C(OC(C)=O)C2(C)O1. The topological polar surface area (TPSA) is 88.1 Å². The Morgan fingerprint density at radius 3 is 1.97 bits per heavy atom. The summed E-state index contributed by atoms with van der Waals surface area (Å²) in [6.07, 6.45) is 3.03. The monoisotopic (exact) mass is 464 g/mol. The lowest BCUT2D eigenvalue weighted by Gasteiger charge is -2.68. The zero-order valence-corrected chi connectivity index (χ0v) is 21.4. The first-order chi connectivity index (χ1) is 15.1. The van der Waals surface area contributed by atoms with Gasteiger partial charge in [0.15, 0.2) is 6.10 Å². The van der Waals surface area contributed by atoms with Gasteiger partial charge in [0.2, 0.25) is 0 Å². The van der Waals surface area contributed by atoms with E-state index in [1.807, 2.05) is 13.8 Å². The number of esters is 3. The summed E-state index contributed by atoms with van der Waals surface area (Å²) in [6, 6.07) is 0. The third-order valence-corrected chi connectivity index (χ3v) is 8.68. The minimum Gasteiger partial charge on any atom is -0.462 e. The van der Waals surface area contributed by atoms with E-state index in [4.69, 9.17) is 18.9 Å². The van der Waals surface area contributed by atoms with Gasteiger partial charge >= 0.3 is 17.9 Å². The molecule has 8 unspecified atom stereocenters. The predicted molar refractivity (Wildman–Crippen MR) is 122 cm³/mol.